The summed E-state index contributed by atoms with van der Waals surface area (Å²) in [5.41, 5.74) is 2.88. The molecule has 0 bridgehead atoms. The predicted octanol–water partition coefficient (Wildman–Crippen LogP) is 1.43. The average Bonchev–Trinajstić information content (AvgIpc) is 3.15. The number of nitrogens with one attached hydrogen (secondary N) is 3. The van der Waals surface area contributed by atoms with Crippen molar-refractivity contribution in [3.05, 3.63) is 35.2 Å². The van der Waals surface area contributed by atoms with Gasteiger partial charge in [-0.25, -0.2) is 0 Å². The highest BCUT2D eigenvalue weighted by Gasteiger charge is 2.12. The molecular weight excluding hydrogens is 282 g/mol. The Morgan fingerprint density at radius 1 is 1.41 bits per heavy atom. The second-order valence-corrected chi connectivity index (χ2v) is 4.91. The van der Waals surface area contributed by atoms with Crippen molar-refractivity contribution in [3.63, 3.8) is 0 Å². The van der Waals surface area contributed by atoms with Gasteiger partial charge in [0, 0.05) is 18.2 Å². The largest absolute Gasteiger partial charge is 0.309 e. The first-order valence-electron chi connectivity index (χ1n) is 6.70. The molecule has 2 heterocycles. The maximum Gasteiger partial charge on any atom is 0.225 e. The number of amides is 1. The minimum atomic E-state index is -0.154. The molecule has 0 aliphatic rings. The second-order valence-electron chi connectivity index (χ2n) is 4.91. The summed E-state index contributed by atoms with van der Waals surface area (Å²) in [7, 11) is 0. The van der Waals surface area contributed by atoms with Crippen LogP contribution in [0.25, 0.3) is 10.9 Å². The fourth-order valence-corrected chi connectivity index (χ4v) is 2.17. The molecule has 0 spiro atoms. The van der Waals surface area contributed by atoms with E-state index < -0.39 is 0 Å². The molecule has 0 saturated heterocycles. The zero-order valence-corrected chi connectivity index (χ0v) is 11.8. The van der Waals surface area contributed by atoms with E-state index in [4.69, 9.17) is 5.26 Å². The van der Waals surface area contributed by atoms with Crippen LogP contribution in [0.15, 0.2) is 18.3 Å². The van der Waals surface area contributed by atoms with Crippen LogP contribution in [0.3, 0.4) is 0 Å². The molecule has 0 fully saturated rings. The maximum absolute atomic E-state index is 12.0. The molecule has 110 valence electrons. The highest BCUT2D eigenvalue weighted by Crippen LogP contribution is 2.24. The number of rotatable bonds is 4. The van der Waals surface area contributed by atoms with Crippen LogP contribution in [-0.2, 0) is 11.2 Å². The quantitative estimate of drug-likeness (QED) is 0.671. The third kappa shape index (κ3) is 2.64. The number of hydrogen-bond acceptors (Lipinski definition) is 5. The molecule has 1 aromatic carbocycles. The first kappa shape index (κ1) is 13.8. The summed E-state index contributed by atoms with van der Waals surface area (Å²) in [4.78, 5) is 12.0. The van der Waals surface area contributed by atoms with Crippen molar-refractivity contribution in [2.24, 2.45) is 0 Å². The Kier molecular flexibility index (Phi) is 3.53. The highest BCUT2D eigenvalue weighted by atomic mass is 16.1. The van der Waals surface area contributed by atoms with Crippen LogP contribution in [0.2, 0.25) is 0 Å². The SMILES string of the molecule is Cc1cc2c(NC(=O)CCc3cn[nH]n3)n[nH]c2cc1C#N. The number of aryl methyl sites for hydroxylation is 2. The van der Waals surface area contributed by atoms with Crippen molar-refractivity contribution in [3.8, 4) is 6.07 Å². The van der Waals surface area contributed by atoms with Gasteiger partial charge in [-0.2, -0.15) is 25.8 Å². The summed E-state index contributed by atoms with van der Waals surface area (Å²) >= 11 is 0. The van der Waals surface area contributed by atoms with Gasteiger partial charge in [-0.15, -0.1) is 0 Å². The van der Waals surface area contributed by atoms with Gasteiger partial charge in [-0.05, 0) is 24.6 Å². The van der Waals surface area contributed by atoms with E-state index in [1.165, 1.54) is 0 Å². The summed E-state index contributed by atoms with van der Waals surface area (Å²) < 4.78 is 0. The van der Waals surface area contributed by atoms with Crippen molar-refractivity contribution >= 4 is 22.6 Å². The summed E-state index contributed by atoms with van der Waals surface area (Å²) in [5.74, 6) is 0.311. The zero-order valence-electron chi connectivity index (χ0n) is 11.8. The standard InChI is InChI=1S/C14H13N7O/c1-8-4-11-12(5-9(8)6-15)19-20-14(11)17-13(22)3-2-10-7-16-21-18-10/h4-5,7H,2-3H2,1H3,(H,16,18,21)(H2,17,19,20,22). The molecule has 0 atom stereocenters. The molecule has 3 aromatic rings. The minimum Gasteiger partial charge on any atom is -0.309 e. The van der Waals surface area contributed by atoms with Gasteiger partial charge in [0.2, 0.25) is 5.91 Å². The van der Waals surface area contributed by atoms with E-state index in [1.807, 2.05) is 13.0 Å². The van der Waals surface area contributed by atoms with E-state index in [0.717, 1.165) is 16.6 Å². The third-order valence-electron chi connectivity index (χ3n) is 3.36. The van der Waals surface area contributed by atoms with E-state index in [9.17, 15) is 4.79 Å². The summed E-state index contributed by atoms with van der Waals surface area (Å²) in [6.45, 7) is 1.85. The number of benzene rings is 1. The number of hydrogen-bond donors (Lipinski definition) is 3. The zero-order chi connectivity index (χ0) is 15.5. The van der Waals surface area contributed by atoms with E-state index in [1.54, 1.807) is 12.3 Å². The van der Waals surface area contributed by atoms with Crippen molar-refractivity contribution < 1.29 is 4.79 Å². The Labute approximate surface area is 125 Å². The maximum atomic E-state index is 12.0. The van der Waals surface area contributed by atoms with Crippen LogP contribution >= 0.6 is 0 Å². The van der Waals surface area contributed by atoms with Gasteiger partial charge in [0.1, 0.15) is 0 Å². The number of H-pyrrole nitrogens is 2. The highest BCUT2D eigenvalue weighted by molar-refractivity contribution is 6.00. The number of carbonyl (C=O) groups excluding carboxylic acids is 1. The van der Waals surface area contributed by atoms with Crippen LogP contribution in [0.5, 0.6) is 0 Å². The lowest BCUT2D eigenvalue weighted by molar-refractivity contribution is -0.116. The molecule has 8 heteroatoms. The fourth-order valence-electron chi connectivity index (χ4n) is 2.17. The molecule has 0 aliphatic heterocycles. The van der Waals surface area contributed by atoms with Crippen molar-refractivity contribution in [1.82, 2.24) is 25.6 Å². The van der Waals surface area contributed by atoms with Crippen LogP contribution in [-0.4, -0.2) is 31.5 Å². The van der Waals surface area contributed by atoms with Crippen molar-refractivity contribution in [2.75, 3.05) is 5.32 Å². The summed E-state index contributed by atoms with van der Waals surface area (Å²) in [6, 6.07) is 5.69. The van der Waals surface area contributed by atoms with Gasteiger partial charge in [-0.1, -0.05) is 0 Å². The molecule has 8 nitrogen and oxygen atoms in total. The molecule has 3 N–H and O–H groups in total. The van der Waals surface area contributed by atoms with E-state index in [2.05, 4.69) is 37.0 Å². The van der Waals surface area contributed by atoms with Crippen LogP contribution in [0.1, 0.15) is 23.2 Å². The Morgan fingerprint density at radius 2 is 2.27 bits per heavy atom. The van der Waals surface area contributed by atoms with Crippen LogP contribution in [0, 0.1) is 18.3 Å². The Bertz CT molecular complexity index is 857. The van der Waals surface area contributed by atoms with E-state index in [0.29, 0.717) is 23.3 Å². The van der Waals surface area contributed by atoms with Crippen molar-refractivity contribution in [2.45, 2.75) is 19.8 Å². The second kappa shape index (κ2) is 5.65. The number of anilines is 1. The first-order chi connectivity index (χ1) is 10.7. The predicted molar refractivity (Wildman–Crippen MR) is 78.9 cm³/mol. The topological polar surface area (TPSA) is 123 Å². The molecule has 0 aliphatic carbocycles. The first-order valence-corrected chi connectivity index (χ1v) is 6.70. The van der Waals surface area contributed by atoms with Gasteiger partial charge >= 0.3 is 0 Å². The average molecular weight is 295 g/mol. The Balaban J connectivity index is 1.75. The lowest BCUT2D eigenvalue weighted by Gasteiger charge is -2.02. The number of nitriles is 1. The van der Waals surface area contributed by atoms with Gasteiger partial charge in [0.05, 0.1) is 29.0 Å². The van der Waals surface area contributed by atoms with Gasteiger partial charge in [0.15, 0.2) is 5.82 Å². The normalized spacial score (nSPS) is 10.5. The molecule has 0 radical (unpaired) electrons. The molecule has 2 aromatic heterocycles. The van der Waals surface area contributed by atoms with Crippen LogP contribution in [0.4, 0.5) is 5.82 Å². The number of aromatic nitrogens is 5. The number of aromatic amines is 2. The monoisotopic (exact) mass is 295 g/mol. The van der Waals surface area contributed by atoms with Gasteiger partial charge < -0.3 is 5.32 Å². The molecular formula is C14H13N7O. The molecule has 22 heavy (non-hydrogen) atoms. The molecule has 3 rings (SSSR count). The molecule has 0 unspecified atom stereocenters. The lowest BCUT2D eigenvalue weighted by atomic mass is 10.1. The lowest BCUT2D eigenvalue weighted by Crippen LogP contribution is -2.13. The molecule has 0 saturated carbocycles. The third-order valence-corrected chi connectivity index (χ3v) is 3.36. The van der Waals surface area contributed by atoms with E-state index >= 15 is 0 Å². The number of fused-ring (bicyclic) bond motifs is 1. The van der Waals surface area contributed by atoms with E-state index in [-0.39, 0.29) is 12.3 Å². The van der Waals surface area contributed by atoms with Crippen LogP contribution < -0.4 is 5.32 Å². The summed E-state index contributed by atoms with van der Waals surface area (Å²) in [6.07, 6.45) is 2.38. The fraction of sp³-hybridized carbons (Fsp3) is 0.214. The van der Waals surface area contributed by atoms with Gasteiger partial charge in [-0.3, -0.25) is 9.89 Å². The molecule has 1 amide bonds. The van der Waals surface area contributed by atoms with Crippen molar-refractivity contribution in [1.29, 1.82) is 5.26 Å². The number of carbonyl (C=O) groups is 1. The Hall–Kier alpha value is -3.21. The minimum absolute atomic E-state index is 0.154. The van der Waals surface area contributed by atoms with Gasteiger partial charge in [0.25, 0.3) is 0 Å². The summed E-state index contributed by atoms with van der Waals surface area (Å²) in [5, 5.41) is 29.6. The Morgan fingerprint density at radius 3 is 3.00 bits per heavy atom. The smallest absolute Gasteiger partial charge is 0.225 e. The number of nitrogens with zero attached hydrogens (tertiary/aromatic N) is 4.